The molecule has 0 fully saturated rings. The lowest BCUT2D eigenvalue weighted by molar-refractivity contribution is 0.0780. The Balaban J connectivity index is 1.69. The molecule has 0 aliphatic carbocycles. The fourth-order valence-electron chi connectivity index (χ4n) is 3.57. The zero-order valence-electron chi connectivity index (χ0n) is 18.0. The van der Waals surface area contributed by atoms with E-state index in [0.717, 1.165) is 35.8 Å². The number of likely N-dealkylation sites (N-methyl/N-ethyl adjacent to an activating group) is 2. The molecule has 2 aromatic carbocycles. The Morgan fingerprint density at radius 2 is 1.87 bits per heavy atom. The van der Waals surface area contributed by atoms with Crippen molar-refractivity contribution in [2.24, 2.45) is 0 Å². The highest BCUT2D eigenvalue weighted by Crippen LogP contribution is 2.35. The molecule has 1 amide bonds. The van der Waals surface area contributed by atoms with Crippen LogP contribution in [0.3, 0.4) is 0 Å². The topological polar surface area (TPSA) is 67.2 Å². The number of carbonyl (C=O) groups is 1. The normalized spacial score (nSPS) is 11.4. The number of aromatic nitrogens is 4. The molecule has 0 saturated heterocycles. The Bertz CT molecular complexity index is 1130. The van der Waals surface area contributed by atoms with Crippen LogP contribution in [0.5, 0.6) is 0 Å². The van der Waals surface area contributed by atoms with Gasteiger partial charge in [-0.1, -0.05) is 32.0 Å². The molecular weight excluding hydrogens is 408 g/mol. The van der Waals surface area contributed by atoms with Gasteiger partial charge in [-0.2, -0.15) is 0 Å². The summed E-state index contributed by atoms with van der Waals surface area (Å²) in [5.41, 5.74) is 2.37. The zero-order chi connectivity index (χ0) is 21.8. The third-order valence-electron chi connectivity index (χ3n) is 5.48. The second-order valence-corrected chi connectivity index (χ2v) is 8.51. The van der Waals surface area contributed by atoms with Crippen LogP contribution in [-0.4, -0.2) is 69.1 Å². The van der Waals surface area contributed by atoms with Crippen molar-refractivity contribution < 1.29 is 4.79 Å². The van der Waals surface area contributed by atoms with E-state index in [0.29, 0.717) is 12.1 Å². The number of thiophene rings is 1. The molecule has 0 N–H and O–H groups in total. The molecule has 7 nitrogen and oxygen atoms in total. The maximum Gasteiger partial charge on any atom is 0.253 e. The Morgan fingerprint density at radius 3 is 2.58 bits per heavy atom. The summed E-state index contributed by atoms with van der Waals surface area (Å²) in [4.78, 5) is 18.5. The highest BCUT2D eigenvalue weighted by atomic mass is 32.1. The second kappa shape index (κ2) is 9.36. The summed E-state index contributed by atoms with van der Waals surface area (Å²) >= 11 is 1.71. The first-order chi connectivity index (χ1) is 15.1. The molecule has 2 heterocycles. The maximum absolute atomic E-state index is 13.3. The second-order valence-electron chi connectivity index (χ2n) is 7.43. The molecule has 0 radical (unpaired) electrons. The molecule has 0 spiro atoms. The summed E-state index contributed by atoms with van der Waals surface area (Å²) in [6.07, 6.45) is 1.54. The smallest absolute Gasteiger partial charge is 0.253 e. The van der Waals surface area contributed by atoms with Gasteiger partial charge in [0.15, 0.2) is 0 Å². The first-order valence-corrected chi connectivity index (χ1v) is 11.3. The Labute approximate surface area is 185 Å². The molecule has 31 heavy (non-hydrogen) atoms. The number of fused-ring (bicyclic) bond motifs is 1. The standard InChI is InChI=1S/C23H26N6OS/c1-4-28(5-2)11-10-27(3)23(30)19-12-18(13-20(14-19)29-16-24-25-26-29)22-15-17-8-6-7-9-21(17)31-22/h6-9,12-16H,4-5,10-11H2,1-3H3. The van der Waals surface area contributed by atoms with Gasteiger partial charge in [-0.05, 0) is 64.8 Å². The lowest BCUT2D eigenvalue weighted by Gasteiger charge is -2.23. The van der Waals surface area contributed by atoms with Crippen LogP contribution < -0.4 is 0 Å². The quantitative estimate of drug-likeness (QED) is 0.420. The summed E-state index contributed by atoms with van der Waals surface area (Å²) < 4.78 is 2.80. The van der Waals surface area contributed by atoms with Gasteiger partial charge in [0, 0.05) is 35.3 Å². The number of tetrazole rings is 1. The minimum atomic E-state index is -0.00978. The first-order valence-electron chi connectivity index (χ1n) is 10.4. The van der Waals surface area contributed by atoms with Gasteiger partial charge in [0.25, 0.3) is 5.91 Å². The predicted molar refractivity (Wildman–Crippen MR) is 125 cm³/mol. The van der Waals surface area contributed by atoms with Crippen molar-refractivity contribution in [3.8, 4) is 16.1 Å². The Kier molecular flexibility index (Phi) is 6.39. The molecule has 0 aliphatic rings. The lowest BCUT2D eigenvalue weighted by atomic mass is 10.1. The molecule has 2 aromatic heterocycles. The van der Waals surface area contributed by atoms with Gasteiger partial charge in [-0.25, -0.2) is 4.68 Å². The molecule has 0 bridgehead atoms. The van der Waals surface area contributed by atoms with E-state index in [2.05, 4.69) is 52.5 Å². The largest absolute Gasteiger partial charge is 0.340 e. The van der Waals surface area contributed by atoms with Gasteiger partial charge in [0.1, 0.15) is 6.33 Å². The van der Waals surface area contributed by atoms with Crippen LogP contribution in [0.2, 0.25) is 0 Å². The van der Waals surface area contributed by atoms with Crippen molar-refractivity contribution in [1.29, 1.82) is 0 Å². The Hall–Kier alpha value is -3.10. The minimum absolute atomic E-state index is 0.00978. The van der Waals surface area contributed by atoms with Crippen molar-refractivity contribution in [3.63, 3.8) is 0 Å². The third-order valence-corrected chi connectivity index (χ3v) is 6.65. The van der Waals surface area contributed by atoms with Gasteiger partial charge in [-0.15, -0.1) is 16.4 Å². The molecule has 0 atom stereocenters. The maximum atomic E-state index is 13.3. The molecule has 8 heteroatoms. The lowest BCUT2D eigenvalue weighted by Crippen LogP contribution is -2.36. The minimum Gasteiger partial charge on any atom is -0.340 e. The van der Waals surface area contributed by atoms with E-state index in [1.807, 2.05) is 37.4 Å². The fourth-order valence-corrected chi connectivity index (χ4v) is 4.62. The fraction of sp³-hybridized carbons (Fsp3) is 0.304. The number of nitrogens with zero attached hydrogens (tertiary/aromatic N) is 6. The van der Waals surface area contributed by atoms with E-state index >= 15 is 0 Å². The van der Waals surface area contributed by atoms with E-state index in [9.17, 15) is 4.79 Å². The highest BCUT2D eigenvalue weighted by molar-refractivity contribution is 7.22. The monoisotopic (exact) mass is 434 g/mol. The van der Waals surface area contributed by atoms with Crippen molar-refractivity contribution >= 4 is 27.3 Å². The van der Waals surface area contributed by atoms with Crippen LogP contribution in [0.4, 0.5) is 0 Å². The van der Waals surface area contributed by atoms with Crippen molar-refractivity contribution in [2.45, 2.75) is 13.8 Å². The predicted octanol–water partition coefficient (Wildman–Crippen LogP) is 3.96. The average Bonchev–Trinajstić information content (AvgIpc) is 3.49. The summed E-state index contributed by atoms with van der Waals surface area (Å²) in [5, 5.41) is 12.7. The number of rotatable bonds is 8. The summed E-state index contributed by atoms with van der Waals surface area (Å²) in [7, 11) is 1.86. The van der Waals surface area contributed by atoms with Crippen LogP contribution in [0.1, 0.15) is 24.2 Å². The molecule has 160 valence electrons. The van der Waals surface area contributed by atoms with Crippen LogP contribution in [0.25, 0.3) is 26.2 Å². The van der Waals surface area contributed by atoms with E-state index < -0.39 is 0 Å². The zero-order valence-corrected chi connectivity index (χ0v) is 18.8. The van der Waals surface area contributed by atoms with Crippen LogP contribution in [-0.2, 0) is 0 Å². The van der Waals surface area contributed by atoms with E-state index in [4.69, 9.17) is 0 Å². The number of hydrogen-bond donors (Lipinski definition) is 0. The summed E-state index contributed by atoms with van der Waals surface area (Å²) in [6.45, 7) is 7.75. The van der Waals surface area contributed by atoms with Gasteiger partial charge in [0.05, 0.1) is 5.69 Å². The van der Waals surface area contributed by atoms with Crippen LogP contribution >= 0.6 is 11.3 Å². The number of benzene rings is 2. The molecule has 0 unspecified atom stereocenters. The molecular formula is C23H26N6OS. The SMILES string of the molecule is CCN(CC)CCN(C)C(=O)c1cc(-c2cc3ccccc3s2)cc(-n2cnnn2)c1. The molecule has 4 rings (SSSR count). The van der Waals surface area contributed by atoms with E-state index in [-0.39, 0.29) is 5.91 Å². The third kappa shape index (κ3) is 4.65. The van der Waals surface area contributed by atoms with Crippen molar-refractivity contribution in [2.75, 3.05) is 33.2 Å². The molecule has 0 saturated carbocycles. The van der Waals surface area contributed by atoms with Crippen LogP contribution in [0, 0.1) is 0 Å². The van der Waals surface area contributed by atoms with Crippen LogP contribution in [0.15, 0.2) is 54.9 Å². The summed E-state index contributed by atoms with van der Waals surface area (Å²) in [6, 6.07) is 16.3. The number of hydrogen-bond acceptors (Lipinski definition) is 6. The van der Waals surface area contributed by atoms with Gasteiger partial charge in [-0.3, -0.25) is 4.79 Å². The van der Waals surface area contributed by atoms with E-state index in [1.54, 1.807) is 27.2 Å². The first kappa shape index (κ1) is 21.1. The van der Waals surface area contributed by atoms with Gasteiger partial charge < -0.3 is 9.80 Å². The van der Waals surface area contributed by atoms with Gasteiger partial charge >= 0.3 is 0 Å². The van der Waals surface area contributed by atoms with Crippen molar-refractivity contribution in [1.82, 2.24) is 30.0 Å². The Morgan fingerprint density at radius 1 is 1.06 bits per heavy atom. The average molecular weight is 435 g/mol. The summed E-state index contributed by atoms with van der Waals surface area (Å²) in [5.74, 6) is -0.00978. The number of carbonyl (C=O) groups excluding carboxylic acids is 1. The van der Waals surface area contributed by atoms with E-state index in [1.165, 1.54) is 10.1 Å². The highest BCUT2D eigenvalue weighted by Gasteiger charge is 2.17. The molecule has 4 aromatic rings. The van der Waals surface area contributed by atoms with Crippen molar-refractivity contribution in [3.05, 3.63) is 60.4 Å². The number of amides is 1. The molecule has 0 aliphatic heterocycles. The van der Waals surface area contributed by atoms with Gasteiger partial charge in [0.2, 0.25) is 0 Å².